The number of aliphatic hydroxyl groups is 1. The Hall–Kier alpha value is -1.81. The Morgan fingerprint density at radius 1 is 0.952 bits per heavy atom. The quantitative estimate of drug-likeness (QED) is 0.753. The average molecular weight is 320 g/mol. The molecule has 0 amide bonds. The van der Waals surface area contributed by atoms with Gasteiger partial charge in [0.25, 0.3) is 0 Å². The van der Waals surface area contributed by atoms with Crippen molar-refractivity contribution in [3.05, 3.63) is 64.1 Å². The van der Waals surface area contributed by atoms with Gasteiger partial charge in [-0.25, -0.2) is 0 Å². The molecule has 3 nitrogen and oxygen atoms in total. The molecular formula is C16H11Cl2NO2. The Balaban J connectivity index is 2.11. The van der Waals surface area contributed by atoms with Crippen molar-refractivity contribution in [2.45, 2.75) is 6.61 Å². The smallest absolute Gasteiger partial charge is 0.173 e. The lowest BCUT2D eigenvalue weighted by molar-refractivity contribution is 0.281. The topological polar surface area (TPSA) is 46.3 Å². The number of aromatic nitrogens is 1. The maximum absolute atomic E-state index is 9.68. The lowest BCUT2D eigenvalue weighted by Crippen LogP contribution is -1.89. The second-order valence-electron chi connectivity index (χ2n) is 4.51. The monoisotopic (exact) mass is 319 g/mol. The molecule has 0 atom stereocenters. The van der Waals surface area contributed by atoms with E-state index in [0.717, 1.165) is 11.1 Å². The molecule has 1 N–H and O–H groups in total. The Morgan fingerprint density at radius 2 is 1.71 bits per heavy atom. The van der Waals surface area contributed by atoms with Crippen molar-refractivity contribution in [3.8, 4) is 22.6 Å². The van der Waals surface area contributed by atoms with Gasteiger partial charge < -0.3 is 9.63 Å². The van der Waals surface area contributed by atoms with Gasteiger partial charge in [0.1, 0.15) is 5.69 Å². The number of aliphatic hydroxyl groups excluding tert-OH is 1. The highest BCUT2D eigenvalue weighted by atomic mass is 35.5. The molecule has 1 aromatic heterocycles. The number of halogens is 2. The van der Waals surface area contributed by atoms with Gasteiger partial charge in [-0.15, -0.1) is 0 Å². The number of benzene rings is 2. The van der Waals surface area contributed by atoms with Gasteiger partial charge in [0.15, 0.2) is 5.76 Å². The highest BCUT2D eigenvalue weighted by molar-refractivity contribution is 6.31. The summed E-state index contributed by atoms with van der Waals surface area (Å²) in [5.74, 6) is 0.532. The minimum absolute atomic E-state index is 0.177. The molecule has 0 unspecified atom stereocenters. The van der Waals surface area contributed by atoms with Crippen LogP contribution in [0.2, 0.25) is 10.0 Å². The molecule has 0 aliphatic rings. The van der Waals surface area contributed by atoms with Crippen LogP contribution >= 0.6 is 23.2 Å². The van der Waals surface area contributed by atoms with Gasteiger partial charge in [-0.05, 0) is 36.4 Å². The fraction of sp³-hybridized carbons (Fsp3) is 0.0625. The van der Waals surface area contributed by atoms with E-state index in [0.29, 0.717) is 27.1 Å². The minimum Gasteiger partial charge on any atom is -0.391 e. The zero-order valence-electron chi connectivity index (χ0n) is 10.9. The molecule has 3 rings (SSSR count). The zero-order valence-corrected chi connectivity index (χ0v) is 12.4. The Kier molecular flexibility index (Phi) is 3.97. The van der Waals surface area contributed by atoms with Gasteiger partial charge in [0.05, 0.1) is 12.2 Å². The highest BCUT2D eigenvalue weighted by Gasteiger charge is 2.18. The molecule has 0 saturated heterocycles. The second-order valence-corrected chi connectivity index (χ2v) is 5.39. The molecule has 21 heavy (non-hydrogen) atoms. The maximum atomic E-state index is 9.68. The number of nitrogens with zero attached hydrogens (tertiary/aromatic N) is 1. The molecule has 0 aliphatic carbocycles. The fourth-order valence-electron chi connectivity index (χ4n) is 2.15. The molecule has 5 heteroatoms. The summed E-state index contributed by atoms with van der Waals surface area (Å²) >= 11 is 11.9. The van der Waals surface area contributed by atoms with E-state index in [1.807, 2.05) is 24.3 Å². The summed E-state index contributed by atoms with van der Waals surface area (Å²) in [5.41, 5.74) is 2.82. The third kappa shape index (κ3) is 2.81. The van der Waals surface area contributed by atoms with Gasteiger partial charge in [0, 0.05) is 21.2 Å². The molecule has 1 heterocycles. The maximum Gasteiger partial charge on any atom is 0.173 e. The van der Waals surface area contributed by atoms with Gasteiger partial charge in [-0.3, -0.25) is 0 Å². The van der Waals surface area contributed by atoms with Gasteiger partial charge in [0.2, 0.25) is 0 Å². The van der Waals surface area contributed by atoms with Crippen molar-refractivity contribution in [1.82, 2.24) is 5.16 Å². The molecule has 2 aromatic carbocycles. The third-order valence-corrected chi connectivity index (χ3v) is 3.64. The Bertz CT molecular complexity index is 766. The van der Waals surface area contributed by atoms with Gasteiger partial charge >= 0.3 is 0 Å². The van der Waals surface area contributed by atoms with E-state index in [1.54, 1.807) is 24.3 Å². The van der Waals surface area contributed by atoms with Crippen LogP contribution in [0.3, 0.4) is 0 Å². The van der Waals surface area contributed by atoms with Crippen LogP contribution in [0.5, 0.6) is 0 Å². The average Bonchev–Trinajstić information content (AvgIpc) is 2.92. The lowest BCUT2D eigenvalue weighted by atomic mass is 10.0. The van der Waals surface area contributed by atoms with E-state index in [1.165, 1.54) is 0 Å². The first kappa shape index (κ1) is 14.1. The van der Waals surface area contributed by atoms with E-state index in [-0.39, 0.29) is 6.61 Å². The van der Waals surface area contributed by atoms with Crippen LogP contribution < -0.4 is 0 Å². The summed E-state index contributed by atoms with van der Waals surface area (Å²) in [6.07, 6.45) is 0. The predicted octanol–water partition coefficient (Wildman–Crippen LogP) is 4.81. The molecule has 0 bridgehead atoms. The van der Waals surface area contributed by atoms with E-state index in [4.69, 9.17) is 27.7 Å². The van der Waals surface area contributed by atoms with E-state index < -0.39 is 0 Å². The Labute approximate surface area is 131 Å². The standard InChI is InChI=1S/C16H11Cl2NO2/c17-12-6-4-10(5-7-12)16-14(9-20)15(19-21-16)11-2-1-3-13(18)8-11/h1-8,20H,9H2. The van der Waals surface area contributed by atoms with Crippen LogP contribution in [0.4, 0.5) is 0 Å². The molecule has 0 spiro atoms. The van der Waals surface area contributed by atoms with Crippen molar-refractivity contribution in [1.29, 1.82) is 0 Å². The molecule has 0 radical (unpaired) electrons. The number of rotatable bonds is 3. The van der Waals surface area contributed by atoms with E-state index >= 15 is 0 Å². The first-order valence-electron chi connectivity index (χ1n) is 6.30. The van der Waals surface area contributed by atoms with Crippen molar-refractivity contribution < 1.29 is 9.63 Å². The highest BCUT2D eigenvalue weighted by Crippen LogP contribution is 2.33. The summed E-state index contributed by atoms with van der Waals surface area (Å²) in [6.45, 7) is -0.177. The van der Waals surface area contributed by atoms with Crippen molar-refractivity contribution >= 4 is 23.2 Å². The lowest BCUT2D eigenvalue weighted by Gasteiger charge is -2.02. The molecule has 3 aromatic rings. The summed E-state index contributed by atoms with van der Waals surface area (Å²) in [4.78, 5) is 0. The largest absolute Gasteiger partial charge is 0.391 e. The first-order valence-corrected chi connectivity index (χ1v) is 7.06. The Morgan fingerprint density at radius 3 is 2.38 bits per heavy atom. The SMILES string of the molecule is OCc1c(-c2cccc(Cl)c2)noc1-c1ccc(Cl)cc1. The zero-order chi connectivity index (χ0) is 14.8. The first-order chi connectivity index (χ1) is 10.2. The molecule has 0 saturated carbocycles. The summed E-state index contributed by atoms with van der Waals surface area (Å²) in [5, 5.41) is 15.0. The molecular weight excluding hydrogens is 309 g/mol. The summed E-state index contributed by atoms with van der Waals surface area (Å²) in [7, 11) is 0. The molecule has 0 aliphatic heterocycles. The fourth-order valence-corrected chi connectivity index (χ4v) is 2.46. The van der Waals surface area contributed by atoms with Gasteiger partial charge in [-0.2, -0.15) is 0 Å². The predicted molar refractivity (Wildman–Crippen MR) is 83.3 cm³/mol. The normalized spacial score (nSPS) is 10.8. The molecule has 106 valence electrons. The van der Waals surface area contributed by atoms with Crippen LogP contribution in [0.25, 0.3) is 22.6 Å². The number of hydrogen-bond donors (Lipinski definition) is 1. The van der Waals surface area contributed by atoms with Crippen molar-refractivity contribution in [2.24, 2.45) is 0 Å². The van der Waals surface area contributed by atoms with Crippen LogP contribution in [0, 0.1) is 0 Å². The summed E-state index contributed by atoms with van der Waals surface area (Å²) in [6, 6.07) is 14.4. The van der Waals surface area contributed by atoms with E-state index in [9.17, 15) is 5.11 Å². The van der Waals surface area contributed by atoms with Gasteiger partial charge in [-0.1, -0.05) is 40.5 Å². The molecule has 0 fully saturated rings. The second kappa shape index (κ2) is 5.90. The van der Waals surface area contributed by atoms with Crippen LogP contribution in [0.15, 0.2) is 53.1 Å². The van der Waals surface area contributed by atoms with Crippen molar-refractivity contribution in [3.63, 3.8) is 0 Å². The third-order valence-electron chi connectivity index (χ3n) is 3.15. The van der Waals surface area contributed by atoms with E-state index in [2.05, 4.69) is 5.16 Å². The summed E-state index contributed by atoms with van der Waals surface area (Å²) < 4.78 is 5.41. The number of hydrogen-bond acceptors (Lipinski definition) is 3. The minimum atomic E-state index is -0.177. The van der Waals surface area contributed by atoms with Crippen LogP contribution in [0.1, 0.15) is 5.56 Å². The van der Waals surface area contributed by atoms with Crippen LogP contribution in [-0.4, -0.2) is 10.3 Å². The van der Waals surface area contributed by atoms with Crippen molar-refractivity contribution in [2.75, 3.05) is 0 Å². The van der Waals surface area contributed by atoms with Crippen LogP contribution in [-0.2, 0) is 6.61 Å².